The second-order valence-electron chi connectivity index (χ2n) is 4.48. The van der Waals surface area contributed by atoms with Crippen LogP contribution in [0.3, 0.4) is 0 Å². The fourth-order valence-electron chi connectivity index (χ4n) is 2.08. The van der Waals surface area contributed by atoms with Crippen LogP contribution in [0.1, 0.15) is 0 Å². The number of benzene rings is 2. The standard InChI is InChI=1S/C16H13ClN2O2/c1-20-15-5-3-11(18)9-16(15)21-14-6-7-19-13-8-10(17)2-4-12(13)14/h2-9H,18H2,1H3. The van der Waals surface area contributed by atoms with Gasteiger partial charge in [-0.05, 0) is 36.4 Å². The van der Waals surface area contributed by atoms with Gasteiger partial charge in [0, 0.05) is 28.4 Å². The molecule has 106 valence electrons. The number of methoxy groups -OCH3 is 1. The van der Waals surface area contributed by atoms with Gasteiger partial charge in [0.15, 0.2) is 11.5 Å². The second-order valence-corrected chi connectivity index (χ2v) is 4.92. The second kappa shape index (κ2) is 5.50. The number of nitrogen functional groups attached to an aromatic ring is 1. The van der Waals surface area contributed by atoms with Crippen molar-refractivity contribution in [3.63, 3.8) is 0 Å². The predicted octanol–water partition coefficient (Wildman–Crippen LogP) is 4.27. The topological polar surface area (TPSA) is 57.4 Å². The van der Waals surface area contributed by atoms with Gasteiger partial charge in [0.1, 0.15) is 5.75 Å². The summed E-state index contributed by atoms with van der Waals surface area (Å²) in [5, 5.41) is 1.50. The van der Waals surface area contributed by atoms with E-state index < -0.39 is 0 Å². The van der Waals surface area contributed by atoms with E-state index in [0.717, 1.165) is 10.9 Å². The van der Waals surface area contributed by atoms with Crippen LogP contribution < -0.4 is 15.2 Å². The van der Waals surface area contributed by atoms with Crippen LogP contribution >= 0.6 is 11.6 Å². The zero-order valence-electron chi connectivity index (χ0n) is 11.3. The molecule has 0 radical (unpaired) electrons. The zero-order valence-corrected chi connectivity index (χ0v) is 12.1. The summed E-state index contributed by atoms with van der Waals surface area (Å²) in [5.74, 6) is 1.84. The summed E-state index contributed by atoms with van der Waals surface area (Å²) < 4.78 is 11.2. The van der Waals surface area contributed by atoms with E-state index in [0.29, 0.717) is 28.0 Å². The smallest absolute Gasteiger partial charge is 0.171 e. The first kappa shape index (κ1) is 13.5. The van der Waals surface area contributed by atoms with E-state index in [1.807, 2.05) is 6.07 Å². The number of ether oxygens (including phenoxy) is 2. The fourth-order valence-corrected chi connectivity index (χ4v) is 2.24. The highest BCUT2D eigenvalue weighted by Gasteiger charge is 2.09. The fraction of sp³-hybridized carbons (Fsp3) is 0.0625. The molecular formula is C16H13ClN2O2. The van der Waals surface area contributed by atoms with E-state index in [-0.39, 0.29) is 0 Å². The van der Waals surface area contributed by atoms with Crippen molar-refractivity contribution in [3.05, 3.63) is 53.7 Å². The number of anilines is 1. The molecule has 2 N–H and O–H groups in total. The number of halogens is 1. The van der Waals surface area contributed by atoms with Gasteiger partial charge in [0.05, 0.1) is 12.6 Å². The van der Waals surface area contributed by atoms with Crippen molar-refractivity contribution in [1.29, 1.82) is 0 Å². The van der Waals surface area contributed by atoms with E-state index in [2.05, 4.69) is 4.98 Å². The average molecular weight is 301 g/mol. The van der Waals surface area contributed by atoms with Crippen molar-refractivity contribution in [2.75, 3.05) is 12.8 Å². The molecular weight excluding hydrogens is 288 g/mol. The van der Waals surface area contributed by atoms with E-state index in [9.17, 15) is 0 Å². The number of hydrogen-bond donors (Lipinski definition) is 1. The Labute approximate surface area is 127 Å². The van der Waals surface area contributed by atoms with Crippen molar-refractivity contribution >= 4 is 28.2 Å². The number of nitrogens with two attached hydrogens (primary N) is 1. The molecule has 0 unspecified atom stereocenters. The van der Waals surface area contributed by atoms with Crippen LogP contribution in [-0.4, -0.2) is 12.1 Å². The lowest BCUT2D eigenvalue weighted by atomic mass is 10.2. The molecule has 3 aromatic rings. The van der Waals surface area contributed by atoms with Crippen LogP contribution in [0, 0.1) is 0 Å². The molecule has 5 heteroatoms. The minimum Gasteiger partial charge on any atom is -0.493 e. The number of nitrogens with zero attached hydrogens (tertiary/aromatic N) is 1. The van der Waals surface area contributed by atoms with E-state index in [4.69, 9.17) is 26.8 Å². The van der Waals surface area contributed by atoms with Gasteiger partial charge < -0.3 is 15.2 Å². The van der Waals surface area contributed by atoms with Crippen LogP contribution in [0.2, 0.25) is 5.02 Å². The van der Waals surface area contributed by atoms with Crippen molar-refractivity contribution in [2.24, 2.45) is 0 Å². The SMILES string of the molecule is COc1ccc(N)cc1Oc1ccnc2cc(Cl)ccc12. The monoisotopic (exact) mass is 300 g/mol. The molecule has 21 heavy (non-hydrogen) atoms. The van der Waals surface area contributed by atoms with Crippen LogP contribution in [0.15, 0.2) is 48.7 Å². The van der Waals surface area contributed by atoms with Gasteiger partial charge in [-0.25, -0.2) is 0 Å². The lowest BCUT2D eigenvalue weighted by molar-refractivity contribution is 0.380. The molecule has 0 aliphatic heterocycles. The Morgan fingerprint density at radius 3 is 2.67 bits per heavy atom. The molecule has 0 spiro atoms. The van der Waals surface area contributed by atoms with Gasteiger partial charge in [0.2, 0.25) is 0 Å². The molecule has 3 rings (SSSR count). The van der Waals surface area contributed by atoms with Crippen molar-refractivity contribution in [1.82, 2.24) is 4.98 Å². The molecule has 0 amide bonds. The maximum absolute atomic E-state index is 5.98. The molecule has 0 saturated carbocycles. The van der Waals surface area contributed by atoms with Crippen LogP contribution in [-0.2, 0) is 0 Å². The lowest BCUT2D eigenvalue weighted by Gasteiger charge is -2.12. The van der Waals surface area contributed by atoms with Gasteiger partial charge in [-0.1, -0.05) is 11.6 Å². The normalized spacial score (nSPS) is 10.6. The summed E-state index contributed by atoms with van der Waals surface area (Å²) in [7, 11) is 1.59. The maximum Gasteiger partial charge on any atom is 0.171 e. The number of rotatable bonds is 3. The van der Waals surface area contributed by atoms with Gasteiger partial charge in [-0.2, -0.15) is 0 Å². The molecule has 1 aromatic heterocycles. The first-order valence-corrected chi connectivity index (χ1v) is 6.71. The Kier molecular flexibility index (Phi) is 3.54. The summed E-state index contributed by atoms with van der Waals surface area (Å²) in [5.41, 5.74) is 7.17. The summed E-state index contributed by atoms with van der Waals surface area (Å²) in [6.07, 6.45) is 1.67. The Bertz CT molecular complexity index is 805. The average Bonchev–Trinajstić information content (AvgIpc) is 2.47. The summed E-state index contributed by atoms with van der Waals surface area (Å²) in [4.78, 5) is 4.28. The van der Waals surface area contributed by atoms with E-state index in [1.54, 1.807) is 49.7 Å². The first-order valence-electron chi connectivity index (χ1n) is 6.33. The van der Waals surface area contributed by atoms with Crippen LogP contribution in [0.5, 0.6) is 17.2 Å². The number of pyridine rings is 1. The van der Waals surface area contributed by atoms with Gasteiger partial charge in [-0.3, -0.25) is 4.98 Å². The highest BCUT2D eigenvalue weighted by molar-refractivity contribution is 6.31. The van der Waals surface area contributed by atoms with Gasteiger partial charge in [-0.15, -0.1) is 0 Å². The minimum atomic E-state index is 0.556. The Morgan fingerprint density at radius 1 is 1.00 bits per heavy atom. The highest BCUT2D eigenvalue weighted by Crippen LogP contribution is 2.36. The molecule has 2 aromatic carbocycles. The molecule has 0 atom stereocenters. The summed E-state index contributed by atoms with van der Waals surface area (Å²) in [6.45, 7) is 0. The molecule has 4 nitrogen and oxygen atoms in total. The van der Waals surface area contributed by atoms with Gasteiger partial charge >= 0.3 is 0 Å². The maximum atomic E-state index is 5.98. The molecule has 0 fully saturated rings. The Hall–Kier alpha value is -2.46. The molecule has 0 bridgehead atoms. The third-order valence-electron chi connectivity index (χ3n) is 3.07. The van der Waals surface area contributed by atoms with Crippen LogP contribution in [0.4, 0.5) is 5.69 Å². The molecule has 0 saturated heterocycles. The third-order valence-corrected chi connectivity index (χ3v) is 3.31. The first-order chi connectivity index (χ1) is 10.2. The quantitative estimate of drug-likeness (QED) is 0.734. The summed E-state index contributed by atoms with van der Waals surface area (Å²) in [6, 6.07) is 12.5. The molecule has 1 heterocycles. The molecule has 0 aliphatic carbocycles. The van der Waals surface area contributed by atoms with Crippen LogP contribution in [0.25, 0.3) is 10.9 Å². The Balaban J connectivity index is 2.08. The van der Waals surface area contributed by atoms with E-state index >= 15 is 0 Å². The number of fused-ring (bicyclic) bond motifs is 1. The minimum absolute atomic E-state index is 0.556. The third kappa shape index (κ3) is 2.71. The van der Waals surface area contributed by atoms with E-state index in [1.165, 1.54) is 0 Å². The molecule has 0 aliphatic rings. The lowest BCUT2D eigenvalue weighted by Crippen LogP contribution is -1.93. The zero-order chi connectivity index (χ0) is 14.8. The van der Waals surface area contributed by atoms with Crippen molar-refractivity contribution < 1.29 is 9.47 Å². The Morgan fingerprint density at radius 2 is 1.86 bits per heavy atom. The largest absolute Gasteiger partial charge is 0.493 e. The van der Waals surface area contributed by atoms with Gasteiger partial charge in [0.25, 0.3) is 0 Å². The summed E-state index contributed by atoms with van der Waals surface area (Å²) >= 11 is 5.98. The number of aromatic nitrogens is 1. The van der Waals surface area contributed by atoms with Crippen molar-refractivity contribution in [3.8, 4) is 17.2 Å². The number of hydrogen-bond acceptors (Lipinski definition) is 4. The predicted molar refractivity (Wildman–Crippen MR) is 84.2 cm³/mol. The highest BCUT2D eigenvalue weighted by atomic mass is 35.5. The van der Waals surface area contributed by atoms with Crippen molar-refractivity contribution in [2.45, 2.75) is 0 Å².